The Bertz CT molecular complexity index is 163. The Morgan fingerprint density at radius 2 is 1.92 bits per heavy atom. The molecule has 0 aromatic heterocycles. The van der Waals surface area contributed by atoms with Gasteiger partial charge in [-0.15, -0.1) is 0 Å². The van der Waals surface area contributed by atoms with Crippen LogP contribution in [0, 0.1) is 5.41 Å². The smallest absolute Gasteiger partial charge is 0.0656 e. The predicted octanol–water partition coefficient (Wildman–Crippen LogP) is 3.75. The molecule has 0 saturated heterocycles. The lowest BCUT2D eigenvalue weighted by Crippen LogP contribution is -2.55. The van der Waals surface area contributed by atoms with Crippen LogP contribution in [-0.4, -0.2) is 17.0 Å². The fourth-order valence-electron chi connectivity index (χ4n) is 2.37. The molecule has 1 fully saturated rings. The molecule has 1 saturated carbocycles. The second-order valence-corrected chi connectivity index (χ2v) is 5.42. The lowest BCUT2D eigenvalue weighted by molar-refractivity contribution is -0.130. The molecule has 1 aliphatic carbocycles. The maximum absolute atomic E-state index is 5.92. The third-order valence-electron chi connectivity index (χ3n) is 3.44. The molecule has 13 heavy (non-hydrogen) atoms. The third-order valence-corrected chi connectivity index (χ3v) is 4.72. The molecule has 0 aromatic carbocycles. The summed E-state index contributed by atoms with van der Waals surface area (Å²) < 4.78 is 5.92. The Hall–Kier alpha value is 0.440. The monoisotopic (exact) mass is 248 g/mol. The van der Waals surface area contributed by atoms with Crippen molar-refractivity contribution in [1.82, 2.24) is 0 Å². The van der Waals surface area contributed by atoms with Crippen molar-refractivity contribution in [2.75, 3.05) is 0 Å². The van der Waals surface area contributed by atoms with Crippen LogP contribution in [0.15, 0.2) is 0 Å². The lowest BCUT2D eigenvalue weighted by atomic mass is 9.62. The highest BCUT2D eigenvalue weighted by Gasteiger charge is 2.52. The van der Waals surface area contributed by atoms with E-state index in [9.17, 15) is 0 Å². The van der Waals surface area contributed by atoms with Crippen LogP contribution in [0.25, 0.3) is 0 Å². The van der Waals surface area contributed by atoms with Crippen molar-refractivity contribution in [2.45, 2.75) is 64.0 Å². The maximum atomic E-state index is 5.92. The number of ether oxygens (including phenoxy) is 1. The van der Waals surface area contributed by atoms with Crippen molar-refractivity contribution < 1.29 is 4.74 Å². The summed E-state index contributed by atoms with van der Waals surface area (Å²) in [5.74, 6) is 0. The molecular weight excluding hydrogens is 228 g/mol. The van der Waals surface area contributed by atoms with E-state index in [1.54, 1.807) is 0 Å². The first kappa shape index (κ1) is 11.5. The van der Waals surface area contributed by atoms with Crippen molar-refractivity contribution in [3.8, 4) is 0 Å². The molecular formula is C11H21BrO. The summed E-state index contributed by atoms with van der Waals surface area (Å²) in [5, 5.41) is 0. The molecule has 0 bridgehead atoms. The fourth-order valence-corrected chi connectivity index (χ4v) is 3.65. The van der Waals surface area contributed by atoms with Crippen molar-refractivity contribution >= 4 is 15.9 Å². The Labute approximate surface area is 90.4 Å². The van der Waals surface area contributed by atoms with Crippen LogP contribution in [0.5, 0.6) is 0 Å². The van der Waals surface area contributed by atoms with Gasteiger partial charge >= 0.3 is 0 Å². The minimum atomic E-state index is 0.363. The van der Waals surface area contributed by atoms with E-state index in [2.05, 4.69) is 43.6 Å². The largest absolute Gasteiger partial charge is 0.375 e. The van der Waals surface area contributed by atoms with Crippen molar-refractivity contribution in [1.29, 1.82) is 0 Å². The van der Waals surface area contributed by atoms with Gasteiger partial charge in [0, 0.05) is 10.2 Å². The van der Waals surface area contributed by atoms with E-state index in [-0.39, 0.29) is 0 Å². The van der Waals surface area contributed by atoms with E-state index in [0.717, 1.165) is 0 Å². The van der Waals surface area contributed by atoms with Gasteiger partial charge in [-0.25, -0.2) is 0 Å². The molecule has 0 heterocycles. The molecule has 0 radical (unpaired) electrons. The third kappa shape index (κ3) is 1.94. The molecule has 0 aliphatic heterocycles. The minimum absolute atomic E-state index is 0.363. The summed E-state index contributed by atoms with van der Waals surface area (Å²) >= 11 is 3.75. The molecule has 1 rings (SSSR count). The average Bonchev–Trinajstić information content (AvgIpc) is 2.05. The summed E-state index contributed by atoms with van der Waals surface area (Å²) in [4.78, 5) is 0.666. The zero-order valence-corrected chi connectivity index (χ0v) is 10.7. The van der Waals surface area contributed by atoms with Gasteiger partial charge in [0.15, 0.2) is 0 Å². The first-order valence-corrected chi connectivity index (χ1v) is 6.28. The van der Waals surface area contributed by atoms with Crippen LogP contribution in [-0.2, 0) is 4.74 Å². The summed E-state index contributed by atoms with van der Waals surface area (Å²) in [7, 11) is 0. The minimum Gasteiger partial charge on any atom is -0.375 e. The van der Waals surface area contributed by atoms with Gasteiger partial charge in [0.1, 0.15) is 0 Å². The Balaban J connectivity index is 2.58. The topological polar surface area (TPSA) is 9.23 Å². The number of alkyl halides is 1. The van der Waals surface area contributed by atoms with Crippen LogP contribution in [0.2, 0.25) is 0 Å². The highest BCUT2D eigenvalue weighted by atomic mass is 79.9. The standard InChI is InChI=1S/C11H21BrO/c1-5-11(6-2)9(12)7-10(11)13-8(3)4/h8-10H,5-7H2,1-4H3. The lowest BCUT2D eigenvalue weighted by Gasteiger charge is -2.53. The van der Waals surface area contributed by atoms with Gasteiger partial charge in [0.05, 0.1) is 12.2 Å². The normalized spacial score (nSPS) is 31.8. The SMILES string of the molecule is CCC1(CC)C(Br)CC1OC(C)C. The summed E-state index contributed by atoms with van der Waals surface area (Å²) in [6.07, 6.45) is 4.46. The molecule has 2 unspecified atom stereocenters. The zero-order valence-electron chi connectivity index (χ0n) is 9.14. The number of halogens is 1. The summed E-state index contributed by atoms with van der Waals surface area (Å²) in [5.41, 5.74) is 0.407. The summed E-state index contributed by atoms with van der Waals surface area (Å²) in [6.45, 7) is 8.79. The second-order valence-electron chi connectivity index (χ2n) is 4.32. The molecule has 0 N–H and O–H groups in total. The molecule has 2 heteroatoms. The molecule has 0 aromatic rings. The van der Waals surface area contributed by atoms with E-state index < -0.39 is 0 Å². The van der Waals surface area contributed by atoms with Crippen LogP contribution in [0.3, 0.4) is 0 Å². The van der Waals surface area contributed by atoms with Gasteiger partial charge < -0.3 is 4.74 Å². The first-order chi connectivity index (χ1) is 6.06. The van der Waals surface area contributed by atoms with Crippen molar-refractivity contribution in [3.05, 3.63) is 0 Å². The number of hydrogen-bond acceptors (Lipinski definition) is 1. The van der Waals surface area contributed by atoms with Crippen molar-refractivity contribution in [3.63, 3.8) is 0 Å². The van der Waals surface area contributed by atoms with Crippen LogP contribution in [0.4, 0.5) is 0 Å². The molecule has 2 atom stereocenters. The summed E-state index contributed by atoms with van der Waals surface area (Å²) in [6, 6.07) is 0. The van der Waals surface area contributed by atoms with E-state index in [1.165, 1.54) is 19.3 Å². The van der Waals surface area contributed by atoms with Gasteiger partial charge in [0.25, 0.3) is 0 Å². The molecule has 1 nitrogen and oxygen atoms in total. The molecule has 78 valence electrons. The Morgan fingerprint density at radius 1 is 1.38 bits per heavy atom. The second kappa shape index (κ2) is 4.31. The highest BCUT2D eigenvalue weighted by Crippen LogP contribution is 2.52. The highest BCUT2D eigenvalue weighted by molar-refractivity contribution is 9.09. The Kier molecular flexibility index (Phi) is 3.82. The van der Waals surface area contributed by atoms with Gasteiger partial charge in [-0.2, -0.15) is 0 Å². The van der Waals surface area contributed by atoms with E-state index in [0.29, 0.717) is 22.5 Å². The first-order valence-electron chi connectivity index (χ1n) is 5.36. The Morgan fingerprint density at radius 3 is 2.23 bits per heavy atom. The van der Waals surface area contributed by atoms with Crippen LogP contribution in [0.1, 0.15) is 47.0 Å². The van der Waals surface area contributed by atoms with Crippen LogP contribution >= 0.6 is 15.9 Å². The van der Waals surface area contributed by atoms with E-state index in [1.807, 2.05) is 0 Å². The molecule has 0 amide bonds. The van der Waals surface area contributed by atoms with Gasteiger partial charge in [-0.1, -0.05) is 29.8 Å². The predicted molar refractivity (Wildman–Crippen MR) is 60.4 cm³/mol. The van der Waals surface area contributed by atoms with Crippen molar-refractivity contribution in [2.24, 2.45) is 5.41 Å². The van der Waals surface area contributed by atoms with E-state index in [4.69, 9.17) is 4.74 Å². The molecule has 1 aliphatic rings. The van der Waals surface area contributed by atoms with Crippen LogP contribution < -0.4 is 0 Å². The number of hydrogen-bond donors (Lipinski definition) is 0. The van der Waals surface area contributed by atoms with E-state index >= 15 is 0 Å². The fraction of sp³-hybridized carbons (Fsp3) is 1.00. The maximum Gasteiger partial charge on any atom is 0.0656 e. The average molecular weight is 249 g/mol. The zero-order chi connectivity index (χ0) is 10.1. The number of rotatable bonds is 4. The van der Waals surface area contributed by atoms with Gasteiger partial charge in [-0.3, -0.25) is 0 Å². The van der Waals surface area contributed by atoms with Gasteiger partial charge in [0.2, 0.25) is 0 Å². The quantitative estimate of drug-likeness (QED) is 0.689. The molecule has 0 spiro atoms. The van der Waals surface area contributed by atoms with Gasteiger partial charge in [-0.05, 0) is 33.1 Å².